The summed E-state index contributed by atoms with van der Waals surface area (Å²) in [5.41, 5.74) is 9.54. The summed E-state index contributed by atoms with van der Waals surface area (Å²) < 4.78 is 27.0. The predicted molar refractivity (Wildman–Crippen MR) is 134 cm³/mol. The van der Waals surface area contributed by atoms with E-state index in [0.29, 0.717) is 11.6 Å². The second kappa shape index (κ2) is 13.1. The number of nitrogens with two attached hydrogens (primary N) is 1. The monoisotopic (exact) mass is 477 g/mol. The Kier molecular flexibility index (Phi) is 9.63. The van der Waals surface area contributed by atoms with Crippen LogP contribution in [0, 0.1) is 12.3 Å². The first-order chi connectivity index (χ1) is 17.1. The SMILES string of the molecule is C#CC/C=C\C.Nc1ncc(-c2ccc(C3CCNCC3)cc2)cc1-n1nnnc1C/C(F)=C/F. The van der Waals surface area contributed by atoms with Gasteiger partial charge in [0.25, 0.3) is 0 Å². The Hall–Kier alpha value is -3.90. The minimum atomic E-state index is -0.975. The minimum Gasteiger partial charge on any atom is -0.382 e. The van der Waals surface area contributed by atoms with Crippen molar-refractivity contribution < 1.29 is 8.78 Å². The number of tetrazole rings is 1. The summed E-state index contributed by atoms with van der Waals surface area (Å²) in [4.78, 5) is 4.23. The van der Waals surface area contributed by atoms with E-state index in [1.165, 1.54) is 10.2 Å². The Bertz CT molecular complexity index is 1190. The van der Waals surface area contributed by atoms with Gasteiger partial charge >= 0.3 is 0 Å². The van der Waals surface area contributed by atoms with Gasteiger partial charge in [0.05, 0.1) is 6.42 Å². The molecule has 4 rings (SSSR count). The van der Waals surface area contributed by atoms with Crippen molar-refractivity contribution >= 4 is 5.82 Å². The largest absolute Gasteiger partial charge is 0.382 e. The van der Waals surface area contributed by atoms with Crippen LogP contribution in [0.3, 0.4) is 0 Å². The minimum absolute atomic E-state index is 0.110. The van der Waals surface area contributed by atoms with Gasteiger partial charge in [0, 0.05) is 18.2 Å². The molecule has 1 fully saturated rings. The van der Waals surface area contributed by atoms with E-state index in [2.05, 4.69) is 56.0 Å². The van der Waals surface area contributed by atoms with Crippen molar-refractivity contribution in [3.8, 4) is 29.2 Å². The molecule has 0 amide bonds. The quantitative estimate of drug-likeness (QED) is 0.395. The number of terminal acetylenes is 1. The van der Waals surface area contributed by atoms with Crippen LogP contribution in [-0.2, 0) is 6.42 Å². The van der Waals surface area contributed by atoms with Crippen LogP contribution < -0.4 is 11.1 Å². The highest BCUT2D eigenvalue weighted by Gasteiger charge is 2.17. The maximum Gasteiger partial charge on any atom is 0.163 e. The van der Waals surface area contributed by atoms with E-state index in [9.17, 15) is 8.78 Å². The van der Waals surface area contributed by atoms with Gasteiger partial charge in [0.15, 0.2) is 5.82 Å². The van der Waals surface area contributed by atoms with Crippen LogP contribution in [0.1, 0.15) is 43.5 Å². The molecule has 182 valence electrons. The number of pyridine rings is 1. The van der Waals surface area contributed by atoms with Gasteiger partial charge in [-0.05, 0) is 66.4 Å². The third kappa shape index (κ3) is 7.04. The number of hydrogen-bond donors (Lipinski definition) is 2. The van der Waals surface area contributed by atoms with Crippen molar-refractivity contribution in [1.82, 2.24) is 30.5 Å². The molecule has 0 saturated carbocycles. The van der Waals surface area contributed by atoms with Crippen LogP contribution in [0.2, 0.25) is 0 Å². The van der Waals surface area contributed by atoms with Crippen LogP contribution in [0.25, 0.3) is 16.8 Å². The summed E-state index contributed by atoms with van der Waals surface area (Å²) in [6, 6.07) is 10.2. The van der Waals surface area contributed by atoms with Crippen LogP contribution in [0.15, 0.2) is 60.8 Å². The molecule has 3 N–H and O–H groups in total. The zero-order chi connectivity index (χ0) is 25.0. The maximum absolute atomic E-state index is 13.4. The molecule has 0 unspecified atom stereocenters. The van der Waals surface area contributed by atoms with Crippen molar-refractivity contribution in [1.29, 1.82) is 0 Å². The zero-order valence-electron chi connectivity index (χ0n) is 19.7. The first kappa shape index (κ1) is 25.7. The van der Waals surface area contributed by atoms with Gasteiger partial charge in [0.1, 0.15) is 23.7 Å². The molecule has 7 nitrogen and oxygen atoms in total. The highest BCUT2D eigenvalue weighted by atomic mass is 19.2. The smallest absolute Gasteiger partial charge is 0.163 e. The fraction of sp³-hybridized carbons (Fsp3) is 0.308. The molecule has 2 aromatic heterocycles. The lowest BCUT2D eigenvalue weighted by molar-refractivity contribution is 0.460. The maximum atomic E-state index is 13.4. The van der Waals surface area contributed by atoms with E-state index in [1.807, 2.05) is 19.1 Å². The van der Waals surface area contributed by atoms with Gasteiger partial charge in [-0.25, -0.2) is 13.8 Å². The van der Waals surface area contributed by atoms with Gasteiger partial charge < -0.3 is 11.1 Å². The number of nitrogen functional groups attached to an aromatic ring is 1. The zero-order valence-corrected chi connectivity index (χ0v) is 19.7. The molecule has 1 aliphatic rings. The second-order valence-corrected chi connectivity index (χ2v) is 7.99. The molecule has 3 heterocycles. The Morgan fingerprint density at radius 3 is 2.63 bits per heavy atom. The van der Waals surface area contributed by atoms with Gasteiger partial charge in [-0.2, -0.15) is 4.68 Å². The van der Waals surface area contributed by atoms with Crippen molar-refractivity contribution in [2.45, 2.75) is 38.5 Å². The van der Waals surface area contributed by atoms with Gasteiger partial charge in [-0.3, -0.25) is 0 Å². The molecular weight excluding hydrogens is 448 g/mol. The number of halogens is 2. The fourth-order valence-electron chi connectivity index (χ4n) is 3.77. The number of rotatable bonds is 6. The lowest BCUT2D eigenvalue weighted by Gasteiger charge is -2.23. The lowest BCUT2D eigenvalue weighted by Crippen LogP contribution is -2.26. The summed E-state index contributed by atoms with van der Waals surface area (Å²) in [7, 11) is 0. The third-order valence-corrected chi connectivity index (χ3v) is 5.63. The van der Waals surface area contributed by atoms with E-state index >= 15 is 0 Å². The van der Waals surface area contributed by atoms with Crippen molar-refractivity contribution in [3.63, 3.8) is 0 Å². The molecular formula is C26H29F2N7. The molecule has 1 aliphatic heterocycles. The average Bonchev–Trinajstić information content (AvgIpc) is 3.36. The van der Waals surface area contributed by atoms with E-state index in [1.54, 1.807) is 12.3 Å². The number of hydrogen-bond acceptors (Lipinski definition) is 6. The Morgan fingerprint density at radius 2 is 2.00 bits per heavy atom. The van der Waals surface area contributed by atoms with E-state index in [-0.39, 0.29) is 24.4 Å². The fourth-order valence-corrected chi connectivity index (χ4v) is 3.77. The second-order valence-electron chi connectivity index (χ2n) is 7.99. The third-order valence-electron chi connectivity index (χ3n) is 5.63. The molecule has 0 bridgehead atoms. The van der Waals surface area contributed by atoms with Crippen molar-refractivity contribution in [2.75, 3.05) is 18.8 Å². The number of nitrogens with one attached hydrogen (secondary N) is 1. The van der Waals surface area contributed by atoms with E-state index in [4.69, 9.17) is 12.2 Å². The molecule has 0 radical (unpaired) electrons. The Balaban J connectivity index is 0.000000509. The van der Waals surface area contributed by atoms with Crippen molar-refractivity contribution in [2.24, 2.45) is 0 Å². The Labute approximate surface area is 204 Å². The lowest BCUT2D eigenvalue weighted by atomic mass is 9.89. The van der Waals surface area contributed by atoms with Gasteiger partial charge in [-0.1, -0.05) is 36.4 Å². The van der Waals surface area contributed by atoms with Crippen molar-refractivity contribution in [3.05, 3.63) is 72.2 Å². The standard InChI is InChI=1S/C20H21F2N7.C6H8/c21-11-17(22)10-19-26-27-28-29(19)18-9-16(12-25-20(18)23)14-3-1-13(2-4-14)15-5-7-24-8-6-15;1-3-5-6-4-2/h1-4,9,11-12,15,24H,5-8,10H2,(H2,23,25);1,4,6H,5H2,2H3/b17-11-;6-4-. The van der Waals surface area contributed by atoms with Crippen LogP contribution in [-0.4, -0.2) is 38.3 Å². The number of nitrogens with zero attached hydrogens (tertiary/aromatic N) is 5. The highest BCUT2D eigenvalue weighted by molar-refractivity contribution is 5.69. The first-order valence-electron chi connectivity index (χ1n) is 11.4. The molecule has 1 saturated heterocycles. The number of benzene rings is 1. The summed E-state index contributed by atoms with van der Waals surface area (Å²) >= 11 is 0. The van der Waals surface area contributed by atoms with Gasteiger partial charge in [-0.15, -0.1) is 17.4 Å². The molecule has 3 aromatic rings. The van der Waals surface area contributed by atoms with Crippen LogP contribution in [0.5, 0.6) is 0 Å². The average molecular weight is 478 g/mol. The van der Waals surface area contributed by atoms with Gasteiger partial charge in [0.2, 0.25) is 0 Å². The molecule has 1 aromatic carbocycles. The molecule has 0 aliphatic carbocycles. The molecule has 0 spiro atoms. The molecule has 0 atom stereocenters. The number of piperidine rings is 1. The molecule has 35 heavy (non-hydrogen) atoms. The number of allylic oxidation sites excluding steroid dienone is 3. The summed E-state index contributed by atoms with van der Waals surface area (Å²) in [5, 5.41) is 14.5. The normalized spacial score (nSPS) is 14.4. The summed E-state index contributed by atoms with van der Waals surface area (Å²) in [6.45, 7) is 4.05. The van der Waals surface area contributed by atoms with E-state index in [0.717, 1.165) is 43.5 Å². The first-order valence-corrected chi connectivity index (χ1v) is 11.4. The summed E-state index contributed by atoms with van der Waals surface area (Å²) in [5.74, 6) is 2.40. The predicted octanol–water partition coefficient (Wildman–Crippen LogP) is 4.68. The molecule has 9 heteroatoms. The highest BCUT2D eigenvalue weighted by Crippen LogP contribution is 2.29. The number of aromatic nitrogens is 5. The van der Waals surface area contributed by atoms with Crippen LogP contribution in [0.4, 0.5) is 14.6 Å². The summed E-state index contributed by atoms with van der Waals surface area (Å²) in [6.07, 6.45) is 13.0. The van der Waals surface area contributed by atoms with Crippen LogP contribution >= 0.6 is 0 Å². The topological polar surface area (TPSA) is 94.5 Å². The van der Waals surface area contributed by atoms with E-state index < -0.39 is 5.83 Å². The Morgan fingerprint density at radius 1 is 1.26 bits per heavy atom. The number of anilines is 1.